The second-order valence-corrected chi connectivity index (χ2v) is 7.65. The Morgan fingerprint density at radius 2 is 1.73 bits per heavy atom. The van der Waals surface area contributed by atoms with E-state index in [0.717, 1.165) is 0 Å². The number of benzene rings is 1. The van der Waals surface area contributed by atoms with Gasteiger partial charge in [-0.3, -0.25) is 19.7 Å². The number of piperazine rings is 1. The van der Waals surface area contributed by atoms with Gasteiger partial charge in [-0.15, -0.1) is 11.3 Å². The number of hydrogen-bond acceptors (Lipinski definition) is 6. The molecular formula is C21H20N4O4S. The van der Waals surface area contributed by atoms with E-state index < -0.39 is 0 Å². The molecule has 1 fully saturated rings. The quantitative estimate of drug-likeness (QED) is 0.679. The van der Waals surface area contributed by atoms with Crippen molar-refractivity contribution in [3.8, 4) is 0 Å². The van der Waals surface area contributed by atoms with E-state index in [9.17, 15) is 14.4 Å². The fourth-order valence-electron chi connectivity index (χ4n) is 3.19. The molecule has 30 heavy (non-hydrogen) atoms. The van der Waals surface area contributed by atoms with Crippen molar-refractivity contribution in [3.05, 3.63) is 71.1 Å². The van der Waals surface area contributed by atoms with Crippen molar-refractivity contribution in [2.75, 3.05) is 31.5 Å². The van der Waals surface area contributed by atoms with Gasteiger partial charge in [0.2, 0.25) is 5.91 Å². The molecule has 9 heteroatoms. The third-order valence-corrected chi connectivity index (χ3v) is 5.60. The number of furan rings is 1. The van der Waals surface area contributed by atoms with E-state index in [-0.39, 0.29) is 24.1 Å². The zero-order valence-corrected chi connectivity index (χ0v) is 16.9. The third-order valence-electron chi connectivity index (χ3n) is 4.79. The molecule has 3 amide bonds. The van der Waals surface area contributed by atoms with Crippen LogP contribution in [0.25, 0.3) is 0 Å². The van der Waals surface area contributed by atoms with Crippen molar-refractivity contribution in [1.82, 2.24) is 14.8 Å². The van der Waals surface area contributed by atoms with E-state index in [1.165, 1.54) is 17.6 Å². The number of aromatic nitrogens is 1. The molecule has 0 unspecified atom stereocenters. The Labute approximate surface area is 177 Å². The molecule has 0 radical (unpaired) electrons. The van der Waals surface area contributed by atoms with Gasteiger partial charge in [-0.1, -0.05) is 18.2 Å². The van der Waals surface area contributed by atoms with Gasteiger partial charge >= 0.3 is 0 Å². The van der Waals surface area contributed by atoms with Crippen LogP contribution in [0.1, 0.15) is 26.6 Å². The lowest BCUT2D eigenvalue weighted by molar-refractivity contribution is -0.132. The lowest BCUT2D eigenvalue weighted by Crippen LogP contribution is -2.50. The molecule has 3 aromatic rings. The van der Waals surface area contributed by atoms with E-state index in [4.69, 9.17) is 4.42 Å². The minimum absolute atomic E-state index is 0.0497. The maximum Gasteiger partial charge on any atom is 0.289 e. The smallest absolute Gasteiger partial charge is 0.289 e. The maximum atomic E-state index is 12.6. The number of rotatable bonds is 5. The first-order valence-electron chi connectivity index (χ1n) is 9.51. The second kappa shape index (κ2) is 8.91. The third kappa shape index (κ3) is 4.57. The Balaban J connectivity index is 1.28. The molecule has 154 valence electrons. The molecule has 1 aliphatic rings. The van der Waals surface area contributed by atoms with Gasteiger partial charge in [0.25, 0.3) is 11.8 Å². The second-order valence-electron chi connectivity index (χ2n) is 6.79. The highest BCUT2D eigenvalue weighted by Gasteiger charge is 2.26. The molecule has 1 aromatic carbocycles. The molecule has 1 N–H and O–H groups in total. The van der Waals surface area contributed by atoms with Crippen LogP contribution in [0.4, 0.5) is 5.13 Å². The molecular weight excluding hydrogens is 404 g/mol. The first-order chi connectivity index (χ1) is 14.6. The Hall–Kier alpha value is -3.46. The van der Waals surface area contributed by atoms with Crippen LogP contribution >= 0.6 is 11.3 Å². The van der Waals surface area contributed by atoms with Crippen molar-refractivity contribution in [3.63, 3.8) is 0 Å². The maximum absolute atomic E-state index is 12.6. The topological polar surface area (TPSA) is 95.8 Å². The zero-order valence-electron chi connectivity index (χ0n) is 16.1. The van der Waals surface area contributed by atoms with Gasteiger partial charge in [0, 0.05) is 37.1 Å². The molecule has 4 rings (SSSR count). The van der Waals surface area contributed by atoms with Crippen LogP contribution < -0.4 is 5.32 Å². The lowest BCUT2D eigenvalue weighted by Gasteiger charge is -2.34. The Morgan fingerprint density at radius 1 is 1.00 bits per heavy atom. The van der Waals surface area contributed by atoms with Gasteiger partial charge in [-0.25, -0.2) is 4.98 Å². The van der Waals surface area contributed by atoms with E-state index in [1.54, 1.807) is 51.6 Å². The van der Waals surface area contributed by atoms with Crippen molar-refractivity contribution in [2.24, 2.45) is 0 Å². The fraction of sp³-hybridized carbons (Fsp3) is 0.238. The number of anilines is 1. The molecule has 0 aliphatic carbocycles. The summed E-state index contributed by atoms with van der Waals surface area (Å²) in [4.78, 5) is 44.9. The van der Waals surface area contributed by atoms with Crippen LogP contribution in [0, 0.1) is 0 Å². The molecule has 0 bridgehead atoms. The van der Waals surface area contributed by atoms with E-state index >= 15 is 0 Å². The van der Waals surface area contributed by atoms with Crippen LogP contribution in [0.15, 0.2) is 58.5 Å². The Morgan fingerprint density at radius 3 is 2.43 bits per heavy atom. The SMILES string of the molecule is O=C(Nc1nc(CC(=O)N2CCN(C(=O)c3ccco3)CC2)cs1)c1ccccc1. The van der Waals surface area contributed by atoms with Gasteiger partial charge in [0.15, 0.2) is 10.9 Å². The molecule has 0 saturated carbocycles. The van der Waals surface area contributed by atoms with Crippen molar-refractivity contribution >= 4 is 34.2 Å². The predicted octanol–water partition coefficient (Wildman–Crippen LogP) is 2.52. The highest BCUT2D eigenvalue weighted by atomic mass is 32.1. The molecule has 8 nitrogen and oxygen atoms in total. The Bertz CT molecular complexity index is 1020. The highest BCUT2D eigenvalue weighted by Crippen LogP contribution is 2.18. The summed E-state index contributed by atoms with van der Waals surface area (Å²) in [5.41, 5.74) is 1.16. The summed E-state index contributed by atoms with van der Waals surface area (Å²) in [6, 6.07) is 12.2. The molecule has 1 saturated heterocycles. The summed E-state index contributed by atoms with van der Waals surface area (Å²) in [5.74, 6) is -0.140. The number of thiazole rings is 1. The first-order valence-corrected chi connectivity index (χ1v) is 10.4. The van der Waals surface area contributed by atoms with Gasteiger partial charge in [0.1, 0.15) is 0 Å². The summed E-state index contributed by atoms with van der Waals surface area (Å²) in [6.07, 6.45) is 1.63. The van der Waals surface area contributed by atoms with Crippen molar-refractivity contribution < 1.29 is 18.8 Å². The fourth-order valence-corrected chi connectivity index (χ4v) is 3.89. The van der Waals surface area contributed by atoms with E-state index in [2.05, 4.69) is 10.3 Å². The first kappa shape index (κ1) is 19.8. The Kier molecular flexibility index (Phi) is 5.89. The van der Waals surface area contributed by atoms with Crippen LogP contribution in [-0.2, 0) is 11.2 Å². The minimum atomic E-state index is -0.236. The monoisotopic (exact) mass is 424 g/mol. The molecule has 2 aromatic heterocycles. The van der Waals surface area contributed by atoms with Crippen LogP contribution in [0.2, 0.25) is 0 Å². The summed E-state index contributed by atoms with van der Waals surface area (Å²) < 4.78 is 5.15. The van der Waals surface area contributed by atoms with Crippen LogP contribution in [-0.4, -0.2) is 58.7 Å². The van der Waals surface area contributed by atoms with Gasteiger partial charge in [-0.2, -0.15) is 0 Å². The number of nitrogens with one attached hydrogen (secondary N) is 1. The van der Waals surface area contributed by atoms with Crippen LogP contribution in [0.5, 0.6) is 0 Å². The van der Waals surface area contributed by atoms with E-state index in [1.807, 2.05) is 6.07 Å². The summed E-state index contributed by atoms with van der Waals surface area (Å²) in [5, 5.41) is 4.99. The molecule has 1 aliphatic heterocycles. The standard InChI is InChI=1S/C21H20N4O4S/c26-18(24-8-10-25(11-9-24)20(28)17-7-4-12-29-17)13-16-14-30-21(22-16)23-19(27)15-5-2-1-3-6-15/h1-7,12,14H,8-11,13H2,(H,22,23,27). The average molecular weight is 424 g/mol. The number of carbonyl (C=O) groups is 3. The summed E-state index contributed by atoms with van der Waals surface area (Å²) in [7, 11) is 0. The normalized spacial score (nSPS) is 13.9. The number of amides is 3. The minimum Gasteiger partial charge on any atom is -0.459 e. The molecule has 3 heterocycles. The number of nitrogens with zero attached hydrogens (tertiary/aromatic N) is 3. The van der Waals surface area contributed by atoms with Gasteiger partial charge in [0.05, 0.1) is 18.4 Å². The summed E-state index contributed by atoms with van der Waals surface area (Å²) >= 11 is 1.29. The average Bonchev–Trinajstić information content (AvgIpc) is 3.46. The zero-order chi connectivity index (χ0) is 20.9. The highest BCUT2D eigenvalue weighted by molar-refractivity contribution is 7.14. The van der Waals surface area contributed by atoms with Crippen LogP contribution in [0.3, 0.4) is 0 Å². The number of carbonyl (C=O) groups excluding carboxylic acids is 3. The largest absolute Gasteiger partial charge is 0.459 e. The summed E-state index contributed by atoms with van der Waals surface area (Å²) in [6.45, 7) is 1.85. The molecule has 0 atom stereocenters. The number of hydrogen-bond donors (Lipinski definition) is 1. The lowest BCUT2D eigenvalue weighted by atomic mass is 10.2. The van der Waals surface area contributed by atoms with E-state index in [0.29, 0.717) is 48.3 Å². The van der Waals surface area contributed by atoms with Gasteiger partial charge < -0.3 is 14.2 Å². The molecule has 0 spiro atoms. The van der Waals surface area contributed by atoms with Crippen molar-refractivity contribution in [2.45, 2.75) is 6.42 Å². The predicted molar refractivity (Wildman–Crippen MR) is 111 cm³/mol. The van der Waals surface area contributed by atoms with Crippen molar-refractivity contribution in [1.29, 1.82) is 0 Å². The van der Waals surface area contributed by atoms with Gasteiger partial charge in [-0.05, 0) is 24.3 Å².